The summed E-state index contributed by atoms with van der Waals surface area (Å²) in [7, 11) is 1.85. The van der Waals surface area contributed by atoms with Crippen LogP contribution in [-0.4, -0.2) is 38.0 Å². The van der Waals surface area contributed by atoms with E-state index >= 15 is 0 Å². The minimum atomic E-state index is -0.222. The van der Waals surface area contributed by atoms with Gasteiger partial charge in [-0.3, -0.25) is 9.48 Å². The summed E-state index contributed by atoms with van der Waals surface area (Å²) in [5, 5.41) is 17.1. The van der Waals surface area contributed by atoms with E-state index in [4.69, 9.17) is 0 Å². The van der Waals surface area contributed by atoms with Crippen molar-refractivity contribution in [1.29, 1.82) is 0 Å². The van der Waals surface area contributed by atoms with E-state index in [2.05, 4.69) is 10.4 Å². The molecule has 0 bridgehead atoms. The minimum Gasteiger partial charge on any atom is -0.393 e. The molecular weight excluding hydrogens is 304 g/mol. The molecule has 0 aromatic carbocycles. The Morgan fingerprint density at radius 2 is 2.04 bits per heavy atom. The Balaban J connectivity index is 1.77. The number of carbonyl (C=O) groups is 1. The number of rotatable bonds is 4. The van der Waals surface area contributed by atoms with E-state index < -0.39 is 0 Å². The van der Waals surface area contributed by atoms with Crippen LogP contribution in [0.2, 0.25) is 0 Å². The molecule has 1 amide bonds. The minimum absolute atomic E-state index is 0.106. The Morgan fingerprint density at radius 1 is 1.33 bits per heavy atom. The van der Waals surface area contributed by atoms with Crippen molar-refractivity contribution in [2.24, 2.45) is 13.0 Å². The average molecular weight is 330 g/mol. The van der Waals surface area contributed by atoms with E-state index in [0.29, 0.717) is 18.0 Å². The Bertz CT molecular complexity index is 712. The molecule has 2 atom stereocenters. The SMILES string of the molecule is Cc1ccc(C)n1-c1c(C(=O)NCC2CCCC(O)C2)cnn1C. The molecule has 2 aromatic heterocycles. The molecule has 1 aliphatic carbocycles. The molecule has 24 heavy (non-hydrogen) atoms. The van der Waals surface area contributed by atoms with Gasteiger partial charge in [-0.1, -0.05) is 6.42 Å². The van der Waals surface area contributed by atoms with Crippen LogP contribution >= 0.6 is 0 Å². The summed E-state index contributed by atoms with van der Waals surface area (Å²) in [4.78, 5) is 12.7. The number of hydrogen-bond acceptors (Lipinski definition) is 3. The van der Waals surface area contributed by atoms with E-state index in [9.17, 15) is 9.90 Å². The van der Waals surface area contributed by atoms with Crippen molar-refractivity contribution in [3.63, 3.8) is 0 Å². The van der Waals surface area contributed by atoms with Gasteiger partial charge in [-0.2, -0.15) is 5.10 Å². The highest BCUT2D eigenvalue weighted by molar-refractivity contribution is 5.97. The first-order chi connectivity index (χ1) is 11.5. The second-order valence-electron chi connectivity index (χ2n) is 6.85. The largest absolute Gasteiger partial charge is 0.393 e. The standard InChI is InChI=1S/C18H26N4O2/c1-12-7-8-13(2)22(12)18-16(11-20-21(18)3)17(24)19-10-14-5-4-6-15(23)9-14/h7-8,11,14-15,23H,4-6,9-10H2,1-3H3,(H,19,24). The Morgan fingerprint density at radius 3 is 2.71 bits per heavy atom. The highest BCUT2D eigenvalue weighted by Crippen LogP contribution is 2.24. The van der Waals surface area contributed by atoms with Crippen molar-refractivity contribution >= 4 is 5.91 Å². The van der Waals surface area contributed by atoms with Crippen LogP contribution in [0.3, 0.4) is 0 Å². The van der Waals surface area contributed by atoms with Crippen molar-refractivity contribution in [3.05, 3.63) is 35.3 Å². The number of nitrogens with one attached hydrogen (secondary N) is 1. The number of aliphatic hydroxyl groups excluding tert-OH is 1. The summed E-state index contributed by atoms with van der Waals surface area (Å²) in [6, 6.07) is 4.07. The van der Waals surface area contributed by atoms with Gasteiger partial charge in [-0.15, -0.1) is 0 Å². The molecule has 2 N–H and O–H groups in total. The lowest BCUT2D eigenvalue weighted by atomic mass is 9.87. The Labute approximate surface area is 142 Å². The fourth-order valence-corrected chi connectivity index (χ4v) is 3.64. The van der Waals surface area contributed by atoms with E-state index in [1.54, 1.807) is 10.9 Å². The molecule has 130 valence electrons. The number of carbonyl (C=O) groups excluding carboxylic acids is 1. The third-order valence-electron chi connectivity index (χ3n) is 4.94. The predicted octanol–water partition coefficient (Wildman–Crippen LogP) is 2.11. The molecule has 2 aromatic rings. The van der Waals surface area contributed by atoms with Crippen LogP contribution in [-0.2, 0) is 7.05 Å². The molecule has 1 aliphatic rings. The molecular formula is C18H26N4O2. The van der Waals surface area contributed by atoms with Gasteiger partial charge in [0.2, 0.25) is 0 Å². The monoisotopic (exact) mass is 330 g/mol. The summed E-state index contributed by atoms with van der Waals surface area (Å²) in [6.45, 7) is 4.64. The van der Waals surface area contributed by atoms with Crippen LogP contribution in [0.4, 0.5) is 0 Å². The third-order valence-corrected chi connectivity index (χ3v) is 4.94. The maximum Gasteiger partial charge on any atom is 0.256 e. The number of nitrogens with zero attached hydrogens (tertiary/aromatic N) is 3. The van der Waals surface area contributed by atoms with Crippen LogP contribution in [0.5, 0.6) is 0 Å². The first-order valence-corrected chi connectivity index (χ1v) is 8.61. The van der Waals surface area contributed by atoms with Gasteiger partial charge in [0.15, 0.2) is 0 Å². The number of hydrogen-bond donors (Lipinski definition) is 2. The maximum absolute atomic E-state index is 12.7. The summed E-state index contributed by atoms with van der Waals surface area (Å²) in [5.41, 5.74) is 2.72. The molecule has 1 fully saturated rings. The molecule has 0 saturated heterocycles. The quantitative estimate of drug-likeness (QED) is 0.902. The molecule has 2 unspecified atom stereocenters. The Kier molecular flexibility index (Phi) is 4.76. The van der Waals surface area contributed by atoms with Crippen molar-refractivity contribution in [2.45, 2.75) is 45.6 Å². The van der Waals surface area contributed by atoms with Crippen molar-refractivity contribution < 1.29 is 9.90 Å². The van der Waals surface area contributed by atoms with Crippen molar-refractivity contribution in [1.82, 2.24) is 19.7 Å². The second kappa shape index (κ2) is 6.81. The van der Waals surface area contributed by atoms with E-state index in [-0.39, 0.29) is 12.0 Å². The maximum atomic E-state index is 12.7. The third kappa shape index (κ3) is 3.24. The van der Waals surface area contributed by atoms with Crippen LogP contribution in [0.15, 0.2) is 18.3 Å². The molecule has 1 saturated carbocycles. The molecule has 0 aliphatic heterocycles. The van der Waals surface area contributed by atoms with Crippen LogP contribution in [0.1, 0.15) is 47.4 Å². The van der Waals surface area contributed by atoms with Gasteiger partial charge in [-0.25, -0.2) is 0 Å². The Hall–Kier alpha value is -2.08. The van der Waals surface area contributed by atoms with Gasteiger partial charge in [0.25, 0.3) is 5.91 Å². The van der Waals surface area contributed by atoms with Crippen LogP contribution in [0.25, 0.3) is 5.82 Å². The topological polar surface area (TPSA) is 72.1 Å². The first-order valence-electron chi connectivity index (χ1n) is 8.61. The molecule has 0 radical (unpaired) electrons. The van der Waals surface area contributed by atoms with Gasteiger partial charge in [0.1, 0.15) is 11.4 Å². The molecule has 3 rings (SSSR count). The lowest BCUT2D eigenvalue weighted by molar-refractivity contribution is 0.0873. The van der Waals surface area contributed by atoms with Crippen molar-refractivity contribution in [3.8, 4) is 5.82 Å². The summed E-state index contributed by atoms with van der Waals surface area (Å²) >= 11 is 0. The first kappa shape index (κ1) is 16.8. The second-order valence-corrected chi connectivity index (χ2v) is 6.85. The van der Waals surface area contributed by atoms with E-state index in [0.717, 1.165) is 42.9 Å². The van der Waals surface area contributed by atoms with Crippen LogP contribution < -0.4 is 5.32 Å². The number of aromatic nitrogens is 3. The average Bonchev–Trinajstić information content (AvgIpc) is 3.07. The summed E-state index contributed by atoms with van der Waals surface area (Å²) in [6.07, 6.45) is 5.15. The molecule has 0 spiro atoms. The summed E-state index contributed by atoms with van der Waals surface area (Å²) < 4.78 is 3.78. The van der Waals surface area contributed by atoms with Gasteiger partial charge in [0, 0.05) is 25.0 Å². The number of amides is 1. The smallest absolute Gasteiger partial charge is 0.256 e. The normalized spacial score (nSPS) is 21.0. The zero-order valence-corrected chi connectivity index (χ0v) is 14.6. The van der Waals surface area contributed by atoms with E-state index in [1.807, 2.05) is 37.6 Å². The van der Waals surface area contributed by atoms with Crippen LogP contribution in [0, 0.1) is 19.8 Å². The predicted molar refractivity (Wildman–Crippen MR) is 92.3 cm³/mol. The summed E-state index contributed by atoms with van der Waals surface area (Å²) in [5.74, 6) is 1.04. The fourth-order valence-electron chi connectivity index (χ4n) is 3.64. The van der Waals surface area contributed by atoms with E-state index in [1.165, 1.54) is 0 Å². The van der Waals surface area contributed by atoms with Gasteiger partial charge >= 0.3 is 0 Å². The lowest BCUT2D eigenvalue weighted by Crippen LogP contribution is -2.33. The molecule has 2 heterocycles. The van der Waals surface area contributed by atoms with Crippen molar-refractivity contribution in [2.75, 3.05) is 6.54 Å². The number of aliphatic hydroxyl groups is 1. The molecule has 6 nitrogen and oxygen atoms in total. The highest BCUT2D eigenvalue weighted by Gasteiger charge is 2.23. The van der Waals surface area contributed by atoms with Gasteiger partial charge < -0.3 is 15.0 Å². The lowest BCUT2D eigenvalue weighted by Gasteiger charge is -2.25. The zero-order valence-electron chi connectivity index (χ0n) is 14.6. The number of aryl methyl sites for hydroxylation is 3. The fraction of sp³-hybridized carbons (Fsp3) is 0.556. The zero-order chi connectivity index (χ0) is 17.3. The molecule has 6 heteroatoms. The van der Waals surface area contributed by atoms with Gasteiger partial charge in [-0.05, 0) is 51.2 Å². The van der Waals surface area contributed by atoms with Gasteiger partial charge in [0.05, 0.1) is 12.3 Å². The highest BCUT2D eigenvalue weighted by atomic mass is 16.3.